The second-order valence-electron chi connectivity index (χ2n) is 6.01. The topological polar surface area (TPSA) is 62.3 Å². The first-order chi connectivity index (χ1) is 12.1. The largest absolute Gasteiger partial charge is 0.350 e. The number of nitrogens with zero attached hydrogens (tertiary/aromatic N) is 2. The molecule has 2 amide bonds. The van der Waals surface area contributed by atoms with E-state index in [-0.39, 0.29) is 11.8 Å². The molecule has 0 fully saturated rings. The summed E-state index contributed by atoms with van der Waals surface area (Å²) in [6.07, 6.45) is 4.58. The van der Waals surface area contributed by atoms with E-state index >= 15 is 0 Å². The Labute approximate surface area is 149 Å². The fraction of sp³-hybridized carbons (Fsp3) is 0.350. The molecule has 0 aliphatic carbocycles. The van der Waals surface area contributed by atoms with Crippen LogP contribution >= 0.6 is 0 Å². The predicted octanol–water partition coefficient (Wildman–Crippen LogP) is 2.92. The van der Waals surface area contributed by atoms with E-state index in [1.165, 1.54) is 0 Å². The minimum Gasteiger partial charge on any atom is -0.350 e. The lowest BCUT2D eigenvalue weighted by Crippen LogP contribution is -2.47. The van der Waals surface area contributed by atoms with Crippen molar-refractivity contribution >= 4 is 11.8 Å². The van der Waals surface area contributed by atoms with Crippen LogP contribution in [0, 0.1) is 0 Å². The molecule has 0 radical (unpaired) electrons. The van der Waals surface area contributed by atoms with Gasteiger partial charge in [0.05, 0.1) is 0 Å². The van der Waals surface area contributed by atoms with Crippen LogP contribution in [0.25, 0.3) is 0 Å². The maximum atomic E-state index is 12.5. The van der Waals surface area contributed by atoms with Crippen molar-refractivity contribution in [1.82, 2.24) is 15.2 Å². The summed E-state index contributed by atoms with van der Waals surface area (Å²) in [4.78, 5) is 30.7. The van der Waals surface area contributed by atoms with Gasteiger partial charge in [0, 0.05) is 31.9 Å². The molecule has 25 heavy (non-hydrogen) atoms. The molecule has 2 rings (SSSR count). The molecule has 0 bridgehead atoms. The Morgan fingerprint density at radius 3 is 2.40 bits per heavy atom. The molecule has 0 saturated carbocycles. The Bertz CT molecular complexity index is 674. The Morgan fingerprint density at radius 1 is 1.08 bits per heavy atom. The number of amides is 2. The van der Waals surface area contributed by atoms with E-state index in [0.29, 0.717) is 19.5 Å². The lowest BCUT2D eigenvalue weighted by Gasteiger charge is -2.28. The molecule has 2 aromatic rings. The average Bonchev–Trinajstić information content (AvgIpc) is 2.65. The fourth-order valence-electron chi connectivity index (χ4n) is 2.56. The van der Waals surface area contributed by atoms with Crippen LogP contribution in [-0.4, -0.2) is 27.7 Å². The van der Waals surface area contributed by atoms with Crippen LogP contribution in [0.15, 0.2) is 54.9 Å². The molecular weight excluding hydrogens is 314 g/mol. The highest BCUT2D eigenvalue weighted by molar-refractivity contribution is 5.87. The minimum atomic E-state index is -0.527. The van der Waals surface area contributed by atoms with E-state index in [2.05, 4.69) is 10.3 Å². The number of hydrogen-bond acceptors (Lipinski definition) is 3. The molecule has 1 heterocycles. The number of aromatic nitrogens is 1. The van der Waals surface area contributed by atoms with Gasteiger partial charge in [0.1, 0.15) is 6.04 Å². The first-order valence-electron chi connectivity index (χ1n) is 8.61. The van der Waals surface area contributed by atoms with Gasteiger partial charge in [-0.2, -0.15) is 0 Å². The molecule has 0 saturated heterocycles. The van der Waals surface area contributed by atoms with E-state index < -0.39 is 6.04 Å². The van der Waals surface area contributed by atoms with Crippen molar-refractivity contribution in [2.24, 2.45) is 0 Å². The Morgan fingerprint density at radius 2 is 1.76 bits per heavy atom. The molecule has 0 unspecified atom stereocenters. The number of pyridine rings is 1. The molecule has 132 valence electrons. The van der Waals surface area contributed by atoms with Crippen LogP contribution in [0.1, 0.15) is 37.8 Å². The summed E-state index contributed by atoms with van der Waals surface area (Å²) >= 11 is 0. The van der Waals surface area contributed by atoms with E-state index in [1.807, 2.05) is 49.4 Å². The molecule has 1 aromatic heterocycles. The first-order valence-corrected chi connectivity index (χ1v) is 8.61. The highest BCUT2D eigenvalue weighted by atomic mass is 16.2. The molecule has 5 nitrogen and oxygen atoms in total. The number of rotatable bonds is 8. The van der Waals surface area contributed by atoms with Gasteiger partial charge in [-0.1, -0.05) is 37.3 Å². The van der Waals surface area contributed by atoms with Crippen LogP contribution in [0.2, 0.25) is 0 Å². The maximum absolute atomic E-state index is 12.5. The molecule has 5 heteroatoms. The molecule has 1 N–H and O–H groups in total. The number of nitrogens with one attached hydrogen (secondary N) is 1. The summed E-state index contributed by atoms with van der Waals surface area (Å²) in [5.74, 6) is -0.157. The van der Waals surface area contributed by atoms with Crippen molar-refractivity contribution in [2.75, 3.05) is 0 Å². The smallest absolute Gasteiger partial charge is 0.242 e. The quantitative estimate of drug-likeness (QED) is 0.804. The molecule has 1 atom stereocenters. The number of carbonyl (C=O) groups excluding carboxylic acids is 2. The fourth-order valence-corrected chi connectivity index (χ4v) is 2.56. The first kappa shape index (κ1) is 18.6. The second kappa shape index (κ2) is 9.57. The number of benzene rings is 1. The van der Waals surface area contributed by atoms with Gasteiger partial charge >= 0.3 is 0 Å². The molecule has 0 spiro atoms. The summed E-state index contributed by atoms with van der Waals surface area (Å²) in [5.41, 5.74) is 1.99. The van der Waals surface area contributed by atoms with E-state index in [9.17, 15) is 9.59 Å². The minimum absolute atomic E-state index is 0.00193. The molecule has 0 aliphatic heterocycles. The second-order valence-corrected chi connectivity index (χ2v) is 6.01. The van der Waals surface area contributed by atoms with Crippen LogP contribution in [0.4, 0.5) is 0 Å². The third-order valence-electron chi connectivity index (χ3n) is 4.04. The van der Waals surface area contributed by atoms with Crippen molar-refractivity contribution in [3.8, 4) is 0 Å². The Kier molecular flexibility index (Phi) is 7.14. The average molecular weight is 339 g/mol. The van der Waals surface area contributed by atoms with Crippen LogP contribution in [-0.2, 0) is 22.7 Å². The monoisotopic (exact) mass is 339 g/mol. The van der Waals surface area contributed by atoms with Crippen LogP contribution < -0.4 is 5.32 Å². The maximum Gasteiger partial charge on any atom is 0.242 e. The van der Waals surface area contributed by atoms with E-state index in [0.717, 1.165) is 17.5 Å². The van der Waals surface area contributed by atoms with Gasteiger partial charge in [-0.3, -0.25) is 14.6 Å². The zero-order valence-electron chi connectivity index (χ0n) is 14.8. The SMILES string of the molecule is CCCC(=O)N(Cc1ccccc1)[C@@H](C)C(=O)NCc1ccncc1. The van der Waals surface area contributed by atoms with E-state index in [1.54, 1.807) is 24.2 Å². The summed E-state index contributed by atoms with van der Waals surface area (Å²) < 4.78 is 0. The molecule has 0 aliphatic rings. The summed E-state index contributed by atoms with van der Waals surface area (Å²) in [6.45, 7) is 4.60. The van der Waals surface area contributed by atoms with Gasteiger partial charge in [-0.15, -0.1) is 0 Å². The number of carbonyl (C=O) groups is 2. The van der Waals surface area contributed by atoms with Crippen LogP contribution in [0.5, 0.6) is 0 Å². The third kappa shape index (κ3) is 5.71. The van der Waals surface area contributed by atoms with Crippen LogP contribution in [0.3, 0.4) is 0 Å². The van der Waals surface area contributed by atoms with Crippen molar-refractivity contribution in [3.63, 3.8) is 0 Å². The lowest BCUT2D eigenvalue weighted by atomic mass is 10.1. The van der Waals surface area contributed by atoms with Gasteiger partial charge < -0.3 is 10.2 Å². The highest BCUT2D eigenvalue weighted by Crippen LogP contribution is 2.12. The van der Waals surface area contributed by atoms with Gasteiger partial charge in [-0.25, -0.2) is 0 Å². The zero-order chi connectivity index (χ0) is 18.1. The van der Waals surface area contributed by atoms with Gasteiger partial charge in [0.15, 0.2) is 0 Å². The zero-order valence-corrected chi connectivity index (χ0v) is 14.8. The normalized spacial score (nSPS) is 11.6. The summed E-state index contributed by atoms with van der Waals surface area (Å²) in [6, 6.07) is 12.9. The summed E-state index contributed by atoms with van der Waals surface area (Å²) in [7, 11) is 0. The Balaban J connectivity index is 2.04. The lowest BCUT2D eigenvalue weighted by molar-refractivity contribution is -0.140. The van der Waals surface area contributed by atoms with Crippen molar-refractivity contribution in [2.45, 2.75) is 45.8 Å². The Hall–Kier alpha value is -2.69. The predicted molar refractivity (Wildman–Crippen MR) is 97.4 cm³/mol. The van der Waals surface area contributed by atoms with Gasteiger partial charge in [0.25, 0.3) is 0 Å². The van der Waals surface area contributed by atoms with Crippen molar-refractivity contribution in [3.05, 3.63) is 66.0 Å². The van der Waals surface area contributed by atoms with E-state index in [4.69, 9.17) is 0 Å². The number of hydrogen-bond donors (Lipinski definition) is 1. The molecule has 1 aromatic carbocycles. The standard InChI is InChI=1S/C20H25N3O2/c1-3-7-19(24)23(15-18-8-5-4-6-9-18)16(2)20(25)22-14-17-10-12-21-13-11-17/h4-6,8-13,16H,3,7,14-15H2,1-2H3,(H,22,25)/t16-/m0/s1. The summed E-state index contributed by atoms with van der Waals surface area (Å²) in [5, 5.41) is 2.90. The third-order valence-corrected chi connectivity index (χ3v) is 4.04. The highest BCUT2D eigenvalue weighted by Gasteiger charge is 2.25. The van der Waals surface area contributed by atoms with Crippen molar-refractivity contribution < 1.29 is 9.59 Å². The van der Waals surface area contributed by atoms with Crippen molar-refractivity contribution in [1.29, 1.82) is 0 Å². The van der Waals surface area contributed by atoms with Gasteiger partial charge in [-0.05, 0) is 36.6 Å². The molecular formula is C20H25N3O2. The van der Waals surface area contributed by atoms with Gasteiger partial charge in [0.2, 0.25) is 11.8 Å².